The summed E-state index contributed by atoms with van der Waals surface area (Å²) in [7, 11) is -9.92. The number of aliphatic hydroxyl groups excluding tert-OH is 1. The SMILES string of the molecule is CCC(C)CCCCCCCCCCCCCCCCCCCCC(=O)OC[C@H](COP(=O)(O)OCC(O)COP(=O)(O)OC[C@@H](COC(=O)CCCCCCCCCC(C)C)OC(=O)CCCCCCCCCCC(C)C)OC(=O)CCCCCCCCCCCCCCCCC(C)CC. The van der Waals surface area contributed by atoms with Gasteiger partial charge in [-0.15, -0.1) is 0 Å². The molecule has 0 radical (unpaired) electrons. The summed E-state index contributed by atoms with van der Waals surface area (Å²) >= 11 is 0. The van der Waals surface area contributed by atoms with Crippen LogP contribution in [0.2, 0.25) is 0 Å². The van der Waals surface area contributed by atoms with Gasteiger partial charge < -0.3 is 33.8 Å². The lowest BCUT2D eigenvalue weighted by atomic mass is 9.99. The van der Waals surface area contributed by atoms with Crippen LogP contribution in [0, 0.1) is 23.7 Å². The largest absolute Gasteiger partial charge is 0.472 e. The number of ether oxygens (including phenoxy) is 4. The highest BCUT2D eigenvalue weighted by Crippen LogP contribution is 2.45. The first kappa shape index (κ1) is 99.1. The Bertz CT molecular complexity index is 1980. The lowest BCUT2D eigenvalue weighted by molar-refractivity contribution is -0.161. The second kappa shape index (κ2) is 71.0. The summed E-state index contributed by atoms with van der Waals surface area (Å²) < 4.78 is 68.7. The number of phosphoric acid groups is 2. The second-order valence-electron chi connectivity index (χ2n) is 31.0. The van der Waals surface area contributed by atoms with Crippen molar-refractivity contribution in [1.29, 1.82) is 0 Å². The molecule has 0 saturated heterocycles. The standard InChI is InChI=1S/C82H160O17P2/c1-9-74(7)60-52-44-36-27-23-19-15-13-11-12-14-16-21-25-29-38-46-54-62-79(84)92-68-77(98-81(86)64-56-48-39-30-26-22-18-17-20-24-28-37-45-53-61-75(8)10-2)70-96-100(88,89)94-66-76(83)67-95-101(90,91)97-71-78(69-93-80(85)63-55-47-41-33-35-43-51-59-73(5)6)99-82(87)65-57-49-40-32-31-34-42-50-58-72(3)4/h72-78,83H,9-71H2,1-8H3,(H,88,89)(H,90,91)/t74?,75?,76?,77-,78-/m1/s1. The highest BCUT2D eigenvalue weighted by atomic mass is 31.2. The zero-order chi connectivity index (χ0) is 74.6. The van der Waals surface area contributed by atoms with Gasteiger partial charge in [0.05, 0.1) is 26.4 Å². The maximum Gasteiger partial charge on any atom is 0.472 e. The minimum atomic E-state index is -4.96. The highest BCUT2D eigenvalue weighted by molar-refractivity contribution is 7.47. The van der Waals surface area contributed by atoms with E-state index in [0.29, 0.717) is 31.6 Å². The van der Waals surface area contributed by atoms with Gasteiger partial charge in [-0.2, -0.15) is 0 Å². The van der Waals surface area contributed by atoms with E-state index in [-0.39, 0.29) is 25.7 Å². The van der Waals surface area contributed by atoms with E-state index in [0.717, 1.165) is 114 Å². The van der Waals surface area contributed by atoms with Gasteiger partial charge in [-0.3, -0.25) is 37.3 Å². The number of unbranched alkanes of at least 4 members (excludes halogenated alkanes) is 43. The van der Waals surface area contributed by atoms with Crippen molar-refractivity contribution in [3.8, 4) is 0 Å². The molecule has 0 aromatic heterocycles. The number of rotatable bonds is 79. The van der Waals surface area contributed by atoms with E-state index in [1.165, 1.54) is 218 Å². The van der Waals surface area contributed by atoms with Gasteiger partial charge in [0, 0.05) is 25.7 Å². The molecule has 0 spiro atoms. The average Bonchev–Trinajstić information content (AvgIpc) is 0.928. The number of carbonyl (C=O) groups excluding carboxylic acids is 4. The van der Waals surface area contributed by atoms with Gasteiger partial charge in [-0.05, 0) is 49.4 Å². The van der Waals surface area contributed by atoms with Crippen molar-refractivity contribution in [3.63, 3.8) is 0 Å². The molecule has 0 bridgehead atoms. The Morgan fingerprint density at radius 2 is 0.475 bits per heavy atom. The first-order chi connectivity index (χ1) is 48.7. The van der Waals surface area contributed by atoms with E-state index in [1.807, 2.05) is 0 Å². The van der Waals surface area contributed by atoms with Gasteiger partial charge in [0.2, 0.25) is 0 Å². The molecule has 5 unspecified atom stereocenters. The smallest absolute Gasteiger partial charge is 0.462 e. The van der Waals surface area contributed by atoms with Crippen LogP contribution in [0.5, 0.6) is 0 Å². The molecule has 19 heteroatoms. The van der Waals surface area contributed by atoms with Crippen molar-refractivity contribution in [2.75, 3.05) is 39.6 Å². The van der Waals surface area contributed by atoms with E-state index < -0.39 is 97.5 Å². The Balaban J connectivity index is 5.20. The Labute approximate surface area is 619 Å². The van der Waals surface area contributed by atoms with Crippen LogP contribution < -0.4 is 0 Å². The predicted octanol–water partition coefficient (Wildman–Crippen LogP) is 24.4. The topological polar surface area (TPSA) is 237 Å². The van der Waals surface area contributed by atoms with Crippen molar-refractivity contribution in [1.82, 2.24) is 0 Å². The molecule has 0 aliphatic heterocycles. The van der Waals surface area contributed by atoms with Crippen LogP contribution in [0.25, 0.3) is 0 Å². The Morgan fingerprint density at radius 3 is 0.703 bits per heavy atom. The van der Waals surface area contributed by atoms with Gasteiger partial charge in [-0.25, -0.2) is 9.13 Å². The van der Waals surface area contributed by atoms with Crippen LogP contribution in [0.4, 0.5) is 0 Å². The van der Waals surface area contributed by atoms with Crippen LogP contribution in [-0.4, -0.2) is 96.7 Å². The van der Waals surface area contributed by atoms with Gasteiger partial charge >= 0.3 is 39.5 Å². The molecule has 0 heterocycles. The molecule has 600 valence electrons. The third-order valence-corrected chi connectivity index (χ3v) is 21.7. The molecule has 0 aromatic carbocycles. The molecule has 0 aromatic rings. The summed E-state index contributed by atoms with van der Waals surface area (Å²) in [6.07, 6.45) is 58.5. The summed E-state index contributed by atoms with van der Waals surface area (Å²) in [6, 6.07) is 0. The monoisotopic (exact) mass is 1480 g/mol. The minimum absolute atomic E-state index is 0.104. The minimum Gasteiger partial charge on any atom is -0.462 e. The zero-order valence-corrected chi connectivity index (χ0v) is 68.3. The molecule has 3 N–H and O–H groups in total. The lowest BCUT2D eigenvalue weighted by Gasteiger charge is -2.21. The van der Waals surface area contributed by atoms with Crippen LogP contribution in [0.1, 0.15) is 421 Å². The summed E-state index contributed by atoms with van der Waals surface area (Å²) in [6.45, 7) is 14.3. The van der Waals surface area contributed by atoms with Gasteiger partial charge in [-0.1, -0.05) is 370 Å². The fraction of sp³-hybridized carbons (Fsp3) is 0.951. The normalized spacial score (nSPS) is 14.5. The van der Waals surface area contributed by atoms with Crippen molar-refractivity contribution in [2.45, 2.75) is 440 Å². The average molecular weight is 1480 g/mol. The highest BCUT2D eigenvalue weighted by Gasteiger charge is 2.30. The third-order valence-electron chi connectivity index (χ3n) is 19.8. The molecule has 0 aliphatic carbocycles. The molecule has 0 fully saturated rings. The lowest BCUT2D eigenvalue weighted by Crippen LogP contribution is -2.30. The van der Waals surface area contributed by atoms with E-state index in [2.05, 4.69) is 55.4 Å². The van der Waals surface area contributed by atoms with Crippen LogP contribution >= 0.6 is 15.6 Å². The Hall–Kier alpha value is -1.94. The van der Waals surface area contributed by atoms with Crippen molar-refractivity contribution < 1.29 is 80.2 Å². The number of hydrogen-bond donors (Lipinski definition) is 3. The third kappa shape index (κ3) is 73.4. The van der Waals surface area contributed by atoms with Crippen LogP contribution in [0.15, 0.2) is 0 Å². The molecule has 0 amide bonds. The quantitative estimate of drug-likeness (QED) is 0.0222. The maximum absolute atomic E-state index is 13.1. The number of esters is 4. The Kier molecular flexibility index (Phi) is 69.6. The van der Waals surface area contributed by atoms with E-state index in [9.17, 15) is 43.2 Å². The molecular formula is C82H160O17P2. The first-order valence-corrected chi connectivity index (χ1v) is 45.3. The van der Waals surface area contributed by atoms with Crippen molar-refractivity contribution >= 4 is 39.5 Å². The van der Waals surface area contributed by atoms with Crippen molar-refractivity contribution in [3.05, 3.63) is 0 Å². The van der Waals surface area contributed by atoms with Crippen molar-refractivity contribution in [2.24, 2.45) is 23.7 Å². The molecule has 101 heavy (non-hydrogen) atoms. The zero-order valence-electron chi connectivity index (χ0n) is 66.5. The van der Waals surface area contributed by atoms with Gasteiger partial charge in [0.15, 0.2) is 12.2 Å². The number of phosphoric ester groups is 2. The predicted molar refractivity (Wildman–Crippen MR) is 414 cm³/mol. The molecular weight excluding hydrogens is 1320 g/mol. The molecule has 0 aliphatic rings. The molecule has 0 saturated carbocycles. The molecule has 0 rings (SSSR count). The molecule has 7 atom stereocenters. The first-order valence-electron chi connectivity index (χ1n) is 42.3. The van der Waals surface area contributed by atoms with Crippen LogP contribution in [-0.2, 0) is 65.4 Å². The maximum atomic E-state index is 13.1. The summed E-state index contributed by atoms with van der Waals surface area (Å²) in [5, 5.41) is 10.6. The number of carbonyl (C=O) groups is 4. The van der Waals surface area contributed by atoms with E-state index in [1.54, 1.807) is 0 Å². The van der Waals surface area contributed by atoms with Gasteiger partial charge in [0.1, 0.15) is 19.3 Å². The van der Waals surface area contributed by atoms with E-state index >= 15 is 0 Å². The summed E-state index contributed by atoms with van der Waals surface area (Å²) in [5.41, 5.74) is 0. The molecule has 17 nitrogen and oxygen atoms in total. The Morgan fingerprint density at radius 1 is 0.277 bits per heavy atom. The summed E-state index contributed by atoms with van der Waals surface area (Å²) in [5.74, 6) is 1.03. The second-order valence-corrected chi connectivity index (χ2v) is 33.9. The number of aliphatic hydroxyl groups is 1. The van der Waals surface area contributed by atoms with Crippen LogP contribution in [0.3, 0.4) is 0 Å². The summed E-state index contributed by atoms with van der Waals surface area (Å²) in [4.78, 5) is 73.0. The fourth-order valence-corrected chi connectivity index (χ4v) is 14.1. The fourth-order valence-electron chi connectivity index (χ4n) is 12.5. The van der Waals surface area contributed by atoms with E-state index in [4.69, 9.17) is 37.0 Å². The van der Waals surface area contributed by atoms with Gasteiger partial charge in [0.25, 0.3) is 0 Å². The number of hydrogen-bond acceptors (Lipinski definition) is 15.